The van der Waals surface area contributed by atoms with Crippen LogP contribution >= 0.6 is 0 Å². The van der Waals surface area contributed by atoms with Crippen molar-refractivity contribution in [3.8, 4) is 0 Å². The van der Waals surface area contributed by atoms with Crippen molar-refractivity contribution in [2.24, 2.45) is 5.73 Å². The number of nitrogens with two attached hydrogens (primary N) is 1. The first-order valence-corrected chi connectivity index (χ1v) is 5.90. The van der Waals surface area contributed by atoms with Gasteiger partial charge < -0.3 is 22.1 Å². The summed E-state index contributed by atoms with van der Waals surface area (Å²) in [5, 5.41) is 7.00. The van der Waals surface area contributed by atoms with Crippen LogP contribution in [0.5, 0.6) is 0 Å². The van der Waals surface area contributed by atoms with E-state index < -0.39 is 0 Å². The van der Waals surface area contributed by atoms with Gasteiger partial charge in [-0.15, -0.1) is 6.42 Å². The molecule has 0 bridgehead atoms. The molecular weight excluding hydrogens is 398 g/mol. The Kier molecular flexibility index (Phi) is 36.2. The van der Waals surface area contributed by atoms with Crippen LogP contribution in [0.4, 0.5) is 0 Å². The molecule has 0 spiro atoms. The number of carbonyl (C=O) groups excluding carboxylic acids is 1. The molecule has 0 atom stereocenters. The maximum atomic E-state index is 10.3. The number of amides is 1. The van der Waals surface area contributed by atoms with E-state index in [1.807, 2.05) is 58.0 Å². The largest absolute Gasteiger partial charge is 0.400 e. The van der Waals surface area contributed by atoms with Crippen LogP contribution in [0.15, 0.2) is 30.3 Å². The fraction of sp³-hybridized carbons (Fsp3) is 0.429. The molecule has 0 aromatic heterocycles. The third-order valence-electron chi connectivity index (χ3n) is 1.38. The zero-order valence-corrected chi connectivity index (χ0v) is 14.9. The second-order valence-electron chi connectivity index (χ2n) is 2.30. The molecule has 0 radical (unpaired) electrons. The molecule has 0 saturated heterocycles. The summed E-state index contributed by atoms with van der Waals surface area (Å²) in [7, 11) is 1.00. The van der Waals surface area contributed by atoms with Gasteiger partial charge in [0.15, 0.2) is 0 Å². The van der Waals surface area contributed by atoms with E-state index >= 15 is 0 Å². The van der Waals surface area contributed by atoms with Gasteiger partial charge in [0.2, 0.25) is 0 Å². The average molecular weight is 424 g/mol. The smallest absolute Gasteiger partial charge is 0.0800 e. The second-order valence-corrected chi connectivity index (χ2v) is 2.30. The number of benzene rings is 1. The third-order valence-corrected chi connectivity index (χ3v) is 1.38. The molecule has 1 amide bonds. The standard InChI is InChI=1S/C9H10NO.2C2H6.CH4O.W/c10-9(11)7-6-8-4-2-1-3-5-8;3*1-2;/h1-5,7H,6H2,(H2,10,11);2*1-2H3;2H,1H3;/q-1;;;;. The van der Waals surface area contributed by atoms with Gasteiger partial charge in [0.05, 0.1) is 5.91 Å². The molecule has 1 rings (SSSR count). The van der Waals surface area contributed by atoms with Gasteiger partial charge in [-0.3, -0.25) is 0 Å². The summed E-state index contributed by atoms with van der Waals surface area (Å²) in [6.45, 7) is 8.00. The summed E-state index contributed by atoms with van der Waals surface area (Å²) < 4.78 is 0. The molecule has 0 unspecified atom stereocenters. The first kappa shape index (κ1) is 25.9. The molecule has 3 N–H and O–H groups in total. The summed E-state index contributed by atoms with van der Waals surface area (Å²) in [5.41, 5.74) is 6.05. The van der Waals surface area contributed by atoms with Crippen molar-refractivity contribution in [2.75, 3.05) is 7.11 Å². The van der Waals surface area contributed by atoms with E-state index in [1.54, 1.807) is 0 Å². The zero-order valence-electron chi connectivity index (χ0n) is 12.0. The fourth-order valence-electron chi connectivity index (χ4n) is 0.833. The summed E-state index contributed by atoms with van der Waals surface area (Å²) in [6.07, 6.45) is 2.09. The molecule has 1 aromatic carbocycles. The van der Waals surface area contributed by atoms with E-state index in [1.165, 1.54) is 6.42 Å². The Labute approximate surface area is 126 Å². The Morgan fingerprint density at radius 1 is 1.11 bits per heavy atom. The van der Waals surface area contributed by atoms with Gasteiger partial charge in [0.1, 0.15) is 0 Å². The average Bonchev–Trinajstić information content (AvgIpc) is 2.44. The number of aliphatic hydroxyl groups excluding tert-OH is 1. The van der Waals surface area contributed by atoms with Gasteiger partial charge in [-0.2, -0.15) is 0 Å². The Morgan fingerprint density at radius 3 is 1.83 bits per heavy atom. The molecule has 0 saturated carbocycles. The van der Waals surface area contributed by atoms with Crippen molar-refractivity contribution < 1.29 is 31.0 Å². The van der Waals surface area contributed by atoms with Crippen molar-refractivity contribution in [2.45, 2.75) is 34.1 Å². The van der Waals surface area contributed by atoms with E-state index in [4.69, 9.17) is 10.8 Å². The topological polar surface area (TPSA) is 63.3 Å². The summed E-state index contributed by atoms with van der Waals surface area (Å²) >= 11 is 0. The van der Waals surface area contributed by atoms with Crippen LogP contribution in [0.3, 0.4) is 0 Å². The van der Waals surface area contributed by atoms with Gasteiger partial charge in [-0.25, -0.2) is 0 Å². The normalized spacial score (nSPS) is 6.56. The van der Waals surface area contributed by atoms with Crippen molar-refractivity contribution >= 4 is 5.91 Å². The maximum Gasteiger partial charge on any atom is 0.0800 e. The molecule has 0 aliphatic carbocycles. The van der Waals surface area contributed by atoms with Gasteiger partial charge in [-0.1, -0.05) is 63.6 Å². The third kappa shape index (κ3) is 20.6. The van der Waals surface area contributed by atoms with Crippen LogP contribution in [0, 0.1) is 6.42 Å². The van der Waals surface area contributed by atoms with Gasteiger partial charge in [0, 0.05) is 28.2 Å². The number of hydrogen-bond acceptors (Lipinski definition) is 2. The molecule has 106 valence electrons. The minimum Gasteiger partial charge on any atom is -0.400 e. The summed E-state index contributed by atoms with van der Waals surface area (Å²) in [5.74, 6) is -0.367. The number of carbonyl (C=O) groups is 1. The van der Waals surface area contributed by atoms with E-state index in [0.29, 0.717) is 6.42 Å². The van der Waals surface area contributed by atoms with E-state index in [-0.39, 0.29) is 27.0 Å². The first-order chi connectivity index (χ1) is 8.29. The predicted molar refractivity (Wildman–Crippen MR) is 74.5 cm³/mol. The Hall–Kier alpha value is -0.792. The second kappa shape index (κ2) is 25.2. The molecule has 0 heterocycles. The first-order valence-electron chi connectivity index (χ1n) is 5.90. The molecule has 1 aromatic rings. The van der Waals surface area contributed by atoms with Crippen molar-refractivity contribution in [3.63, 3.8) is 0 Å². The number of primary amides is 1. The van der Waals surface area contributed by atoms with E-state index in [2.05, 4.69) is 0 Å². The van der Waals surface area contributed by atoms with Crippen LogP contribution in [0.2, 0.25) is 0 Å². The van der Waals surface area contributed by atoms with Gasteiger partial charge in [0.25, 0.3) is 0 Å². The van der Waals surface area contributed by atoms with Crippen molar-refractivity contribution in [1.29, 1.82) is 0 Å². The molecule has 4 heteroatoms. The Morgan fingerprint density at radius 2 is 1.50 bits per heavy atom. The quantitative estimate of drug-likeness (QED) is 0.733. The Balaban J connectivity index is -0.000000123. The number of hydrogen-bond donors (Lipinski definition) is 2. The Bertz CT molecular complexity index is 241. The van der Waals surface area contributed by atoms with Crippen LogP contribution in [0.25, 0.3) is 0 Å². The van der Waals surface area contributed by atoms with E-state index in [9.17, 15) is 4.79 Å². The van der Waals surface area contributed by atoms with Crippen LogP contribution in [-0.4, -0.2) is 18.1 Å². The number of rotatable bonds is 3. The van der Waals surface area contributed by atoms with Gasteiger partial charge in [-0.05, 0) is 0 Å². The van der Waals surface area contributed by atoms with Crippen LogP contribution < -0.4 is 5.73 Å². The van der Waals surface area contributed by atoms with Crippen molar-refractivity contribution in [3.05, 3.63) is 42.3 Å². The van der Waals surface area contributed by atoms with E-state index in [0.717, 1.165) is 12.7 Å². The number of aliphatic hydroxyl groups is 1. The minimum absolute atomic E-state index is 0. The van der Waals surface area contributed by atoms with Crippen molar-refractivity contribution in [1.82, 2.24) is 0 Å². The summed E-state index contributed by atoms with van der Waals surface area (Å²) in [4.78, 5) is 10.3. The monoisotopic (exact) mass is 424 g/mol. The van der Waals surface area contributed by atoms with Crippen LogP contribution in [0.1, 0.15) is 33.3 Å². The van der Waals surface area contributed by atoms with Gasteiger partial charge >= 0.3 is 0 Å². The molecule has 18 heavy (non-hydrogen) atoms. The minimum atomic E-state index is -0.367. The molecule has 0 aliphatic rings. The molecular formula is C14H26NO2W-. The predicted octanol–water partition coefficient (Wildman–Crippen LogP) is 2.58. The molecule has 0 aliphatic heterocycles. The molecule has 0 fully saturated rings. The summed E-state index contributed by atoms with van der Waals surface area (Å²) in [6, 6.07) is 9.72. The fourth-order valence-corrected chi connectivity index (χ4v) is 0.833. The SMILES string of the molecule is CC.CC.CO.NC(=O)[CH-]Cc1ccccc1.[W]. The maximum absolute atomic E-state index is 10.3. The van der Waals surface area contributed by atoms with Crippen LogP contribution in [-0.2, 0) is 32.3 Å². The molecule has 3 nitrogen and oxygen atoms in total. The zero-order chi connectivity index (χ0) is 14.1.